The topological polar surface area (TPSA) is 28.2 Å². The van der Waals surface area contributed by atoms with Crippen LogP contribution < -0.4 is 10.2 Å². The van der Waals surface area contributed by atoms with Gasteiger partial charge in [0.2, 0.25) is 0 Å². The van der Waals surface area contributed by atoms with Crippen LogP contribution in [0.25, 0.3) is 10.9 Å². The monoisotopic (exact) mass is 373 g/mol. The van der Waals surface area contributed by atoms with Crippen LogP contribution in [-0.4, -0.2) is 25.1 Å². The zero-order valence-corrected chi connectivity index (χ0v) is 15.7. The highest BCUT2D eigenvalue weighted by atomic mass is 35.5. The molecule has 2 aromatic carbocycles. The number of nitrogens with one attached hydrogen (secondary N) is 1. The Morgan fingerprint density at radius 3 is 2.68 bits per heavy atom. The van der Waals surface area contributed by atoms with Gasteiger partial charge >= 0.3 is 0 Å². The van der Waals surface area contributed by atoms with Gasteiger partial charge in [0.05, 0.1) is 15.6 Å². The van der Waals surface area contributed by atoms with E-state index in [0.29, 0.717) is 10.0 Å². The van der Waals surface area contributed by atoms with Crippen LogP contribution in [-0.2, 0) is 6.54 Å². The number of pyridine rings is 1. The summed E-state index contributed by atoms with van der Waals surface area (Å²) in [6, 6.07) is 18.1. The first kappa shape index (κ1) is 18.0. The number of para-hydroxylation sites is 1. The van der Waals surface area contributed by atoms with Crippen molar-refractivity contribution in [1.29, 1.82) is 0 Å². The summed E-state index contributed by atoms with van der Waals surface area (Å²) in [5.74, 6) is 1.00. The van der Waals surface area contributed by atoms with E-state index in [1.165, 1.54) is 5.39 Å². The highest BCUT2D eigenvalue weighted by molar-refractivity contribution is 6.42. The van der Waals surface area contributed by atoms with E-state index in [1.807, 2.05) is 36.4 Å². The van der Waals surface area contributed by atoms with Crippen LogP contribution >= 0.6 is 23.2 Å². The van der Waals surface area contributed by atoms with Crippen molar-refractivity contribution < 1.29 is 0 Å². The van der Waals surface area contributed by atoms with E-state index in [0.717, 1.165) is 43.0 Å². The van der Waals surface area contributed by atoms with Crippen molar-refractivity contribution in [3.05, 3.63) is 70.2 Å². The third kappa shape index (κ3) is 4.85. The highest BCUT2D eigenvalue weighted by Crippen LogP contribution is 2.22. The normalized spacial score (nSPS) is 11.0. The fourth-order valence-corrected chi connectivity index (χ4v) is 3.03. The van der Waals surface area contributed by atoms with Gasteiger partial charge in [0.15, 0.2) is 0 Å². The predicted molar refractivity (Wildman–Crippen MR) is 108 cm³/mol. The molecule has 1 N–H and O–H groups in total. The van der Waals surface area contributed by atoms with Crippen molar-refractivity contribution in [1.82, 2.24) is 10.3 Å². The molecule has 0 saturated heterocycles. The van der Waals surface area contributed by atoms with E-state index in [9.17, 15) is 0 Å². The maximum atomic E-state index is 6.03. The van der Waals surface area contributed by atoms with Gasteiger partial charge in [-0.15, -0.1) is 0 Å². The molecule has 25 heavy (non-hydrogen) atoms. The Morgan fingerprint density at radius 2 is 1.84 bits per heavy atom. The van der Waals surface area contributed by atoms with Crippen molar-refractivity contribution in [3.8, 4) is 0 Å². The molecular weight excluding hydrogens is 353 g/mol. The van der Waals surface area contributed by atoms with E-state index in [-0.39, 0.29) is 0 Å². The summed E-state index contributed by atoms with van der Waals surface area (Å²) in [6.07, 6.45) is 1.03. The quantitative estimate of drug-likeness (QED) is 0.579. The Hall–Kier alpha value is -1.81. The predicted octanol–water partition coefficient (Wildman–Crippen LogP) is 5.16. The van der Waals surface area contributed by atoms with Crippen molar-refractivity contribution in [2.45, 2.75) is 13.0 Å². The smallest absolute Gasteiger partial charge is 0.128 e. The maximum absolute atomic E-state index is 6.03. The summed E-state index contributed by atoms with van der Waals surface area (Å²) in [4.78, 5) is 6.91. The molecule has 0 radical (unpaired) electrons. The van der Waals surface area contributed by atoms with Gasteiger partial charge in [0.1, 0.15) is 5.82 Å². The molecule has 0 aliphatic heterocycles. The summed E-state index contributed by atoms with van der Waals surface area (Å²) in [6.45, 7) is 2.66. The zero-order chi connectivity index (χ0) is 17.6. The maximum Gasteiger partial charge on any atom is 0.128 e. The van der Waals surface area contributed by atoms with Crippen molar-refractivity contribution in [2.75, 3.05) is 25.0 Å². The molecule has 1 heterocycles. The number of hydrogen-bond donors (Lipinski definition) is 1. The summed E-state index contributed by atoms with van der Waals surface area (Å²) in [7, 11) is 2.08. The van der Waals surface area contributed by atoms with E-state index in [4.69, 9.17) is 28.2 Å². The molecule has 0 spiro atoms. The number of nitrogens with zero attached hydrogens (tertiary/aromatic N) is 2. The average molecular weight is 374 g/mol. The summed E-state index contributed by atoms with van der Waals surface area (Å²) < 4.78 is 0. The lowest BCUT2D eigenvalue weighted by Gasteiger charge is -2.18. The first-order valence-corrected chi connectivity index (χ1v) is 9.10. The summed E-state index contributed by atoms with van der Waals surface area (Å²) in [5.41, 5.74) is 2.17. The molecule has 0 aliphatic rings. The largest absolute Gasteiger partial charge is 0.360 e. The first-order chi connectivity index (χ1) is 12.1. The molecule has 3 nitrogen and oxygen atoms in total. The number of hydrogen-bond acceptors (Lipinski definition) is 3. The second-order valence-corrected chi connectivity index (χ2v) is 6.88. The summed E-state index contributed by atoms with van der Waals surface area (Å²) in [5, 5.41) is 5.80. The van der Waals surface area contributed by atoms with Crippen LogP contribution in [0.3, 0.4) is 0 Å². The lowest BCUT2D eigenvalue weighted by atomic mass is 10.2. The van der Waals surface area contributed by atoms with Crippen molar-refractivity contribution in [3.63, 3.8) is 0 Å². The van der Waals surface area contributed by atoms with Gasteiger partial charge in [-0.3, -0.25) is 0 Å². The molecule has 1 aromatic heterocycles. The van der Waals surface area contributed by atoms with E-state index >= 15 is 0 Å². The Labute approximate surface area is 158 Å². The molecule has 0 amide bonds. The molecule has 130 valence electrons. The molecule has 0 bridgehead atoms. The molecule has 3 rings (SSSR count). The van der Waals surface area contributed by atoms with Crippen molar-refractivity contribution >= 4 is 39.9 Å². The van der Waals surface area contributed by atoms with Crippen LogP contribution in [0, 0.1) is 0 Å². The number of benzene rings is 2. The van der Waals surface area contributed by atoms with Crippen LogP contribution in [0.2, 0.25) is 10.0 Å². The highest BCUT2D eigenvalue weighted by Gasteiger charge is 2.04. The molecule has 0 atom stereocenters. The third-order valence-corrected chi connectivity index (χ3v) is 4.87. The van der Waals surface area contributed by atoms with Gasteiger partial charge in [-0.2, -0.15) is 0 Å². The summed E-state index contributed by atoms with van der Waals surface area (Å²) >= 11 is 12.0. The minimum Gasteiger partial charge on any atom is -0.360 e. The van der Waals surface area contributed by atoms with Crippen LogP contribution in [0.4, 0.5) is 5.82 Å². The average Bonchev–Trinajstić information content (AvgIpc) is 2.63. The van der Waals surface area contributed by atoms with Gasteiger partial charge in [0.25, 0.3) is 0 Å². The Kier molecular flexibility index (Phi) is 6.14. The number of aromatic nitrogens is 1. The Balaban J connectivity index is 1.45. The van der Waals surface area contributed by atoms with Crippen LogP contribution in [0.1, 0.15) is 12.0 Å². The SMILES string of the molecule is CN(CCCNCc1ccc(Cl)c(Cl)c1)c1ccc2ccccc2n1. The Morgan fingerprint density at radius 1 is 1.00 bits per heavy atom. The minimum atomic E-state index is 0.593. The zero-order valence-electron chi connectivity index (χ0n) is 14.2. The number of halogens is 2. The van der Waals surface area contributed by atoms with E-state index in [2.05, 4.69) is 35.5 Å². The van der Waals surface area contributed by atoms with Gasteiger partial charge in [-0.1, -0.05) is 47.5 Å². The standard InChI is InChI=1S/C20H21Cl2N3/c1-25(20-10-8-16-5-2-3-6-19(16)24-20)12-4-11-23-14-15-7-9-17(21)18(22)13-15/h2-3,5-10,13,23H,4,11-12,14H2,1H3. The molecule has 0 saturated carbocycles. The molecule has 0 fully saturated rings. The van der Waals surface area contributed by atoms with Gasteiger partial charge in [-0.05, 0) is 48.9 Å². The third-order valence-electron chi connectivity index (χ3n) is 4.14. The van der Waals surface area contributed by atoms with Crippen LogP contribution in [0.5, 0.6) is 0 Å². The van der Waals surface area contributed by atoms with Gasteiger partial charge in [0, 0.05) is 25.5 Å². The second-order valence-electron chi connectivity index (χ2n) is 6.06. The van der Waals surface area contributed by atoms with E-state index < -0.39 is 0 Å². The number of rotatable bonds is 7. The van der Waals surface area contributed by atoms with E-state index in [1.54, 1.807) is 0 Å². The van der Waals surface area contributed by atoms with Gasteiger partial charge in [-0.25, -0.2) is 4.98 Å². The minimum absolute atomic E-state index is 0.593. The fraction of sp³-hybridized carbons (Fsp3) is 0.250. The lowest BCUT2D eigenvalue weighted by molar-refractivity contribution is 0.644. The molecule has 0 unspecified atom stereocenters. The molecular formula is C20H21Cl2N3. The molecule has 0 aliphatic carbocycles. The number of anilines is 1. The first-order valence-electron chi connectivity index (χ1n) is 8.35. The molecule has 3 aromatic rings. The van der Waals surface area contributed by atoms with Crippen molar-refractivity contribution in [2.24, 2.45) is 0 Å². The fourth-order valence-electron chi connectivity index (χ4n) is 2.71. The molecule has 5 heteroatoms. The van der Waals surface area contributed by atoms with Gasteiger partial charge < -0.3 is 10.2 Å². The lowest BCUT2D eigenvalue weighted by Crippen LogP contribution is -2.24. The Bertz CT molecular complexity index is 851. The van der Waals surface area contributed by atoms with Crippen LogP contribution in [0.15, 0.2) is 54.6 Å². The number of fused-ring (bicyclic) bond motifs is 1. The second kappa shape index (κ2) is 8.52.